The number of hydrogen-bond donors (Lipinski definition) is 2. The first-order chi connectivity index (χ1) is 9.63. The second kappa shape index (κ2) is 3.98. The summed E-state index contributed by atoms with van der Waals surface area (Å²) in [7, 11) is 0. The molecule has 0 spiro atoms. The first kappa shape index (κ1) is 11.8. The number of anilines is 1. The standard InChI is InChI=1S/C15H15NO4/c17-9-3-1-2-8(6-9)16-14(18)12-7-4-10-11(5-7)20-15(19)13(10)12/h1-3,6-7,10-13,17H,4-5H2,(H,16,18)/t7-,10-,11-,12+,13+/m1/s1. The minimum absolute atomic E-state index is 0.0438. The summed E-state index contributed by atoms with van der Waals surface area (Å²) in [6.07, 6.45) is 1.77. The molecule has 3 fully saturated rings. The molecule has 2 aliphatic carbocycles. The van der Waals surface area contributed by atoms with E-state index in [9.17, 15) is 14.7 Å². The van der Waals surface area contributed by atoms with Gasteiger partial charge < -0.3 is 15.2 Å². The number of rotatable bonds is 2. The molecule has 4 rings (SSSR count). The zero-order valence-electron chi connectivity index (χ0n) is 10.8. The fourth-order valence-electron chi connectivity index (χ4n) is 4.17. The smallest absolute Gasteiger partial charge is 0.310 e. The molecule has 1 aromatic carbocycles. The quantitative estimate of drug-likeness (QED) is 0.801. The number of fused-ring (bicyclic) bond motifs is 1. The Morgan fingerprint density at radius 3 is 3.00 bits per heavy atom. The molecule has 5 heteroatoms. The third-order valence-electron chi connectivity index (χ3n) is 4.90. The van der Waals surface area contributed by atoms with Crippen LogP contribution < -0.4 is 5.32 Å². The Bertz CT molecular complexity index is 597. The lowest BCUT2D eigenvalue weighted by molar-refractivity contribution is -0.145. The molecular formula is C15H15NO4. The van der Waals surface area contributed by atoms with Gasteiger partial charge >= 0.3 is 5.97 Å². The van der Waals surface area contributed by atoms with Crippen molar-refractivity contribution in [2.24, 2.45) is 23.7 Å². The Balaban J connectivity index is 1.56. The molecule has 1 aliphatic heterocycles. The summed E-state index contributed by atoms with van der Waals surface area (Å²) in [5.41, 5.74) is 0.556. The first-order valence-electron chi connectivity index (χ1n) is 6.94. The van der Waals surface area contributed by atoms with Gasteiger partial charge in [-0.25, -0.2) is 0 Å². The highest BCUT2D eigenvalue weighted by Gasteiger charge is 2.63. The van der Waals surface area contributed by atoms with Gasteiger partial charge in [0.1, 0.15) is 11.9 Å². The van der Waals surface area contributed by atoms with E-state index in [2.05, 4.69) is 5.32 Å². The van der Waals surface area contributed by atoms with E-state index in [1.807, 2.05) is 0 Å². The van der Waals surface area contributed by atoms with E-state index in [0.29, 0.717) is 5.69 Å². The largest absolute Gasteiger partial charge is 0.508 e. The number of esters is 1. The third-order valence-corrected chi connectivity index (χ3v) is 4.90. The molecule has 104 valence electrons. The summed E-state index contributed by atoms with van der Waals surface area (Å²) in [4.78, 5) is 24.3. The molecule has 2 saturated carbocycles. The number of carbonyl (C=O) groups is 2. The zero-order valence-corrected chi connectivity index (χ0v) is 10.8. The molecule has 2 N–H and O–H groups in total. The number of benzene rings is 1. The second-order valence-corrected chi connectivity index (χ2v) is 5.96. The number of phenolic OH excluding ortho intramolecular Hbond substituents is 1. The van der Waals surface area contributed by atoms with Crippen LogP contribution in [0.3, 0.4) is 0 Å². The van der Waals surface area contributed by atoms with Crippen LogP contribution >= 0.6 is 0 Å². The van der Waals surface area contributed by atoms with E-state index in [1.165, 1.54) is 6.07 Å². The average Bonchev–Trinajstić information content (AvgIpc) is 2.99. The van der Waals surface area contributed by atoms with E-state index < -0.39 is 0 Å². The van der Waals surface area contributed by atoms with Gasteiger partial charge in [0.2, 0.25) is 5.91 Å². The molecule has 1 aromatic rings. The topological polar surface area (TPSA) is 75.6 Å². The highest BCUT2D eigenvalue weighted by atomic mass is 16.6. The highest BCUT2D eigenvalue weighted by Crippen LogP contribution is 2.57. The number of phenols is 1. The maximum Gasteiger partial charge on any atom is 0.310 e. The van der Waals surface area contributed by atoms with Crippen molar-refractivity contribution in [3.63, 3.8) is 0 Å². The summed E-state index contributed by atoms with van der Waals surface area (Å²) < 4.78 is 5.33. The summed E-state index contributed by atoms with van der Waals surface area (Å²) in [6.45, 7) is 0. The average molecular weight is 273 g/mol. The van der Waals surface area contributed by atoms with Gasteiger partial charge in [-0.1, -0.05) is 6.07 Å². The molecule has 0 aromatic heterocycles. The monoisotopic (exact) mass is 273 g/mol. The molecular weight excluding hydrogens is 258 g/mol. The Morgan fingerprint density at radius 1 is 1.35 bits per heavy atom. The lowest BCUT2D eigenvalue weighted by atomic mass is 9.79. The Labute approximate surface area is 115 Å². The van der Waals surface area contributed by atoms with E-state index in [0.717, 1.165) is 12.8 Å². The SMILES string of the molecule is O=C(Nc1cccc(O)c1)[C@H]1[C@@H]2C[C@H]3[C@@H]1C(=O)O[C@@H]3C2. The maximum atomic E-state index is 12.4. The van der Waals surface area contributed by atoms with Crippen LogP contribution in [0, 0.1) is 23.7 Å². The molecule has 1 heterocycles. The van der Waals surface area contributed by atoms with Crippen LogP contribution in [-0.2, 0) is 14.3 Å². The summed E-state index contributed by atoms with van der Waals surface area (Å²) in [5.74, 6) is -0.312. The van der Waals surface area contributed by atoms with Crippen LogP contribution in [0.25, 0.3) is 0 Å². The van der Waals surface area contributed by atoms with Gasteiger partial charge in [0.25, 0.3) is 0 Å². The van der Waals surface area contributed by atoms with E-state index in [-0.39, 0.29) is 47.4 Å². The molecule has 5 atom stereocenters. The van der Waals surface area contributed by atoms with Crippen LogP contribution in [0.15, 0.2) is 24.3 Å². The fraction of sp³-hybridized carbons (Fsp3) is 0.467. The van der Waals surface area contributed by atoms with E-state index in [1.54, 1.807) is 18.2 Å². The van der Waals surface area contributed by atoms with Crippen LogP contribution in [0.5, 0.6) is 5.75 Å². The van der Waals surface area contributed by atoms with E-state index in [4.69, 9.17) is 4.74 Å². The second-order valence-electron chi connectivity index (χ2n) is 5.96. The van der Waals surface area contributed by atoms with E-state index >= 15 is 0 Å². The van der Waals surface area contributed by atoms with Gasteiger partial charge in [0.15, 0.2) is 0 Å². The maximum absolute atomic E-state index is 12.4. The number of nitrogens with one attached hydrogen (secondary N) is 1. The highest BCUT2D eigenvalue weighted by molar-refractivity contribution is 5.97. The van der Waals surface area contributed by atoms with Gasteiger partial charge in [0.05, 0.1) is 11.8 Å². The van der Waals surface area contributed by atoms with Crippen LogP contribution in [-0.4, -0.2) is 23.1 Å². The molecule has 20 heavy (non-hydrogen) atoms. The Hall–Kier alpha value is -2.04. The number of amides is 1. The van der Waals surface area contributed by atoms with Crippen LogP contribution in [0.2, 0.25) is 0 Å². The van der Waals surface area contributed by atoms with Crippen molar-refractivity contribution in [1.82, 2.24) is 0 Å². The first-order valence-corrected chi connectivity index (χ1v) is 6.94. The van der Waals surface area contributed by atoms with Crippen LogP contribution in [0.4, 0.5) is 5.69 Å². The lowest BCUT2D eigenvalue weighted by Gasteiger charge is -2.23. The van der Waals surface area contributed by atoms with Gasteiger partial charge in [-0.05, 0) is 30.9 Å². The van der Waals surface area contributed by atoms with Crippen molar-refractivity contribution in [3.8, 4) is 5.75 Å². The number of ether oxygens (including phenoxy) is 1. The molecule has 1 amide bonds. The molecule has 0 radical (unpaired) electrons. The Morgan fingerprint density at radius 2 is 2.20 bits per heavy atom. The van der Waals surface area contributed by atoms with Crippen LogP contribution in [0.1, 0.15) is 12.8 Å². The number of carbonyl (C=O) groups excluding carboxylic acids is 2. The van der Waals surface area contributed by atoms with Gasteiger partial charge in [-0.15, -0.1) is 0 Å². The zero-order chi connectivity index (χ0) is 13.9. The number of hydrogen-bond acceptors (Lipinski definition) is 4. The predicted octanol–water partition coefficient (Wildman–Crippen LogP) is 1.53. The molecule has 2 bridgehead atoms. The van der Waals surface area contributed by atoms with Gasteiger partial charge in [0, 0.05) is 17.7 Å². The third kappa shape index (κ3) is 1.55. The molecule has 0 unspecified atom stereocenters. The normalized spacial score (nSPS) is 37.0. The van der Waals surface area contributed by atoms with Crippen molar-refractivity contribution in [2.45, 2.75) is 18.9 Å². The summed E-state index contributed by atoms with van der Waals surface area (Å²) >= 11 is 0. The molecule has 5 nitrogen and oxygen atoms in total. The Kier molecular flexibility index (Phi) is 2.34. The summed E-state index contributed by atoms with van der Waals surface area (Å²) in [5, 5.41) is 12.2. The van der Waals surface area contributed by atoms with Gasteiger partial charge in [-0.3, -0.25) is 9.59 Å². The van der Waals surface area contributed by atoms with Crippen molar-refractivity contribution < 1.29 is 19.4 Å². The number of aromatic hydroxyl groups is 1. The molecule has 3 aliphatic rings. The lowest BCUT2D eigenvalue weighted by Crippen LogP contribution is -2.35. The van der Waals surface area contributed by atoms with Crippen molar-refractivity contribution in [2.75, 3.05) is 5.32 Å². The van der Waals surface area contributed by atoms with Crippen molar-refractivity contribution >= 4 is 17.6 Å². The van der Waals surface area contributed by atoms with Crippen molar-refractivity contribution in [1.29, 1.82) is 0 Å². The fourth-order valence-corrected chi connectivity index (χ4v) is 4.17. The predicted molar refractivity (Wildman–Crippen MR) is 69.8 cm³/mol. The van der Waals surface area contributed by atoms with Gasteiger partial charge in [-0.2, -0.15) is 0 Å². The van der Waals surface area contributed by atoms with Crippen molar-refractivity contribution in [3.05, 3.63) is 24.3 Å². The summed E-state index contributed by atoms with van der Waals surface area (Å²) in [6, 6.07) is 6.44. The molecule has 1 saturated heterocycles. The minimum Gasteiger partial charge on any atom is -0.508 e. The minimum atomic E-state index is -0.284.